The van der Waals surface area contributed by atoms with E-state index >= 15 is 0 Å². The number of rotatable bonds is 10. The summed E-state index contributed by atoms with van der Waals surface area (Å²) in [7, 11) is 0. The highest BCUT2D eigenvalue weighted by atomic mass is 16.5. The second-order valence-corrected chi connectivity index (χ2v) is 9.60. The molecule has 1 aliphatic carbocycles. The molecule has 6 nitrogen and oxygen atoms in total. The van der Waals surface area contributed by atoms with Gasteiger partial charge in [-0.05, 0) is 48.9 Å². The molecule has 1 saturated carbocycles. The first kappa shape index (κ1) is 24.9. The highest BCUT2D eigenvalue weighted by Crippen LogP contribution is 2.49. The van der Waals surface area contributed by atoms with Crippen LogP contribution in [0.1, 0.15) is 48.3 Å². The third-order valence-corrected chi connectivity index (χ3v) is 7.09. The Hall–Kier alpha value is -3.74. The van der Waals surface area contributed by atoms with Gasteiger partial charge in [0.1, 0.15) is 0 Å². The van der Waals surface area contributed by atoms with Crippen molar-refractivity contribution in [2.24, 2.45) is 0 Å². The van der Waals surface area contributed by atoms with Crippen LogP contribution < -0.4 is 5.32 Å². The second kappa shape index (κ2) is 10.7. The standard InChI is InChI=1S/C31H32N2O4/c1-3-36-30(35)31(17-18-31)26-15-13-24(14-16-26)23-9-11-25(12-10-23)29-28(21(2)33-37-29)27(34)20-32-19-22-7-5-4-6-8-22/h4-16,27,32,34H,3,17-20H2,1-2H3. The van der Waals surface area contributed by atoms with Crippen LogP contribution in [0.2, 0.25) is 0 Å². The van der Waals surface area contributed by atoms with E-state index in [0.717, 1.165) is 40.7 Å². The number of aliphatic hydroxyl groups excluding tert-OH is 1. The fourth-order valence-corrected chi connectivity index (χ4v) is 4.83. The number of ether oxygens (including phenoxy) is 1. The van der Waals surface area contributed by atoms with Crippen LogP contribution in [0.25, 0.3) is 22.5 Å². The number of hydrogen-bond acceptors (Lipinski definition) is 6. The molecule has 37 heavy (non-hydrogen) atoms. The first-order chi connectivity index (χ1) is 18.0. The lowest BCUT2D eigenvalue weighted by atomic mass is 9.93. The fourth-order valence-electron chi connectivity index (χ4n) is 4.83. The van der Waals surface area contributed by atoms with Crippen molar-refractivity contribution >= 4 is 5.97 Å². The van der Waals surface area contributed by atoms with E-state index in [0.29, 0.717) is 36.7 Å². The molecule has 1 atom stereocenters. The first-order valence-electron chi connectivity index (χ1n) is 12.8. The molecule has 2 N–H and O–H groups in total. The van der Waals surface area contributed by atoms with Crippen LogP contribution in [0.4, 0.5) is 0 Å². The molecule has 6 heteroatoms. The number of aryl methyl sites for hydroxylation is 1. The van der Waals surface area contributed by atoms with Gasteiger partial charge in [0, 0.05) is 18.7 Å². The monoisotopic (exact) mass is 496 g/mol. The maximum atomic E-state index is 12.4. The molecule has 5 rings (SSSR count). The molecule has 0 aliphatic heterocycles. The third kappa shape index (κ3) is 5.22. The van der Waals surface area contributed by atoms with E-state index in [1.54, 1.807) is 0 Å². The summed E-state index contributed by atoms with van der Waals surface area (Å²) in [6, 6.07) is 26.3. The molecule has 1 aliphatic rings. The maximum absolute atomic E-state index is 12.4. The van der Waals surface area contributed by atoms with Crippen LogP contribution in [0.3, 0.4) is 0 Å². The predicted molar refractivity (Wildman–Crippen MR) is 143 cm³/mol. The van der Waals surface area contributed by atoms with Crippen LogP contribution in [-0.4, -0.2) is 29.4 Å². The predicted octanol–water partition coefficient (Wildman–Crippen LogP) is 5.73. The minimum atomic E-state index is -0.744. The van der Waals surface area contributed by atoms with Crippen molar-refractivity contribution in [3.63, 3.8) is 0 Å². The number of benzene rings is 3. The maximum Gasteiger partial charge on any atom is 0.316 e. The largest absolute Gasteiger partial charge is 0.465 e. The molecular formula is C31H32N2O4. The van der Waals surface area contributed by atoms with Gasteiger partial charge in [-0.3, -0.25) is 4.79 Å². The molecule has 1 aromatic heterocycles. The third-order valence-electron chi connectivity index (χ3n) is 7.09. The Bertz CT molecular complexity index is 1340. The van der Waals surface area contributed by atoms with Crippen LogP contribution in [0.5, 0.6) is 0 Å². The summed E-state index contributed by atoms with van der Waals surface area (Å²) in [6.07, 6.45) is 0.935. The number of aliphatic hydroxyl groups is 1. The van der Waals surface area contributed by atoms with E-state index < -0.39 is 11.5 Å². The Kier molecular flexibility index (Phi) is 7.22. The Balaban J connectivity index is 1.28. The van der Waals surface area contributed by atoms with Crippen molar-refractivity contribution < 1.29 is 19.2 Å². The van der Waals surface area contributed by atoms with Crippen molar-refractivity contribution in [3.8, 4) is 22.5 Å². The zero-order chi connectivity index (χ0) is 25.8. The second-order valence-electron chi connectivity index (χ2n) is 9.60. The molecule has 1 heterocycles. The van der Waals surface area contributed by atoms with Crippen LogP contribution in [0.15, 0.2) is 83.4 Å². The molecule has 0 saturated heterocycles. The highest BCUT2D eigenvalue weighted by molar-refractivity contribution is 5.87. The zero-order valence-corrected chi connectivity index (χ0v) is 21.2. The molecule has 0 amide bonds. The van der Waals surface area contributed by atoms with Crippen molar-refractivity contribution in [1.29, 1.82) is 0 Å². The molecule has 1 unspecified atom stereocenters. The van der Waals surface area contributed by atoms with Gasteiger partial charge >= 0.3 is 5.97 Å². The van der Waals surface area contributed by atoms with Crippen molar-refractivity contribution in [1.82, 2.24) is 10.5 Å². The van der Waals surface area contributed by atoms with Gasteiger partial charge in [-0.2, -0.15) is 0 Å². The molecule has 0 radical (unpaired) electrons. The summed E-state index contributed by atoms with van der Waals surface area (Å²) >= 11 is 0. The molecule has 190 valence electrons. The van der Waals surface area contributed by atoms with Gasteiger partial charge in [-0.15, -0.1) is 0 Å². The van der Waals surface area contributed by atoms with E-state index in [9.17, 15) is 9.90 Å². The zero-order valence-electron chi connectivity index (χ0n) is 21.2. The van der Waals surface area contributed by atoms with Crippen LogP contribution >= 0.6 is 0 Å². The van der Waals surface area contributed by atoms with Gasteiger partial charge in [0.25, 0.3) is 0 Å². The lowest BCUT2D eigenvalue weighted by Gasteiger charge is -2.15. The summed E-state index contributed by atoms with van der Waals surface area (Å²) < 4.78 is 10.9. The minimum Gasteiger partial charge on any atom is -0.465 e. The van der Waals surface area contributed by atoms with E-state index in [2.05, 4.69) is 34.7 Å². The molecule has 3 aromatic carbocycles. The summed E-state index contributed by atoms with van der Waals surface area (Å²) in [5, 5.41) is 18.4. The van der Waals surface area contributed by atoms with Gasteiger partial charge in [-0.1, -0.05) is 84.0 Å². The van der Waals surface area contributed by atoms with Crippen molar-refractivity contribution in [2.75, 3.05) is 13.2 Å². The quantitative estimate of drug-likeness (QED) is 0.273. The fraction of sp³-hybridized carbons (Fsp3) is 0.290. The SMILES string of the molecule is CCOC(=O)C1(c2ccc(-c3ccc(-c4onc(C)c4C(O)CNCc4ccccc4)cc3)cc2)CC1. The van der Waals surface area contributed by atoms with Gasteiger partial charge < -0.3 is 19.7 Å². The normalized spacial score (nSPS) is 14.8. The summed E-state index contributed by atoms with van der Waals surface area (Å²) in [5.41, 5.74) is 6.07. The average molecular weight is 497 g/mol. The Morgan fingerprint density at radius 1 is 1.00 bits per heavy atom. The topological polar surface area (TPSA) is 84.6 Å². The van der Waals surface area contributed by atoms with Crippen LogP contribution in [-0.2, 0) is 21.5 Å². The lowest BCUT2D eigenvalue weighted by Crippen LogP contribution is -2.23. The number of nitrogens with zero attached hydrogens (tertiary/aromatic N) is 1. The summed E-state index contributed by atoms with van der Waals surface area (Å²) in [6.45, 7) is 5.15. The van der Waals surface area contributed by atoms with E-state index in [1.807, 2.05) is 68.4 Å². The number of carbonyl (C=O) groups is 1. The van der Waals surface area contributed by atoms with E-state index in [4.69, 9.17) is 9.26 Å². The Morgan fingerprint density at radius 3 is 2.24 bits per heavy atom. The smallest absolute Gasteiger partial charge is 0.316 e. The van der Waals surface area contributed by atoms with Crippen molar-refractivity contribution in [2.45, 2.75) is 44.8 Å². The molecule has 4 aromatic rings. The van der Waals surface area contributed by atoms with Gasteiger partial charge in [0.2, 0.25) is 0 Å². The molecule has 0 bridgehead atoms. The number of nitrogens with one attached hydrogen (secondary N) is 1. The number of carbonyl (C=O) groups excluding carboxylic acids is 1. The van der Waals surface area contributed by atoms with Gasteiger partial charge in [0.05, 0.1) is 29.4 Å². The molecule has 1 fully saturated rings. The molecular weight excluding hydrogens is 464 g/mol. The Labute approximate surface area is 217 Å². The molecule has 0 spiro atoms. The van der Waals surface area contributed by atoms with Crippen molar-refractivity contribution in [3.05, 3.63) is 101 Å². The summed E-state index contributed by atoms with van der Waals surface area (Å²) in [5.74, 6) is 0.459. The van der Waals surface area contributed by atoms with E-state index in [1.165, 1.54) is 0 Å². The van der Waals surface area contributed by atoms with Gasteiger partial charge in [-0.25, -0.2) is 0 Å². The lowest BCUT2D eigenvalue weighted by molar-refractivity contribution is -0.146. The number of aromatic nitrogens is 1. The number of hydrogen-bond donors (Lipinski definition) is 2. The number of esters is 1. The van der Waals surface area contributed by atoms with Crippen LogP contribution in [0, 0.1) is 6.92 Å². The van der Waals surface area contributed by atoms with Gasteiger partial charge in [0.15, 0.2) is 5.76 Å². The highest BCUT2D eigenvalue weighted by Gasteiger charge is 2.52. The Morgan fingerprint density at radius 2 is 1.62 bits per heavy atom. The average Bonchev–Trinajstić information content (AvgIpc) is 3.66. The van der Waals surface area contributed by atoms with E-state index in [-0.39, 0.29) is 5.97 Å². The first-order valence-corrected chi connectivity index (χ1v) is 12.8. The minimum absolute atomic E-state index is 0.122. The summed E-state index contributed by atoms with van der Waals surface area (Å²) in [4.78, 5) is 12.4.